The van der Waals surface area contributed by atoms with E-state index in [0.29, 0.717) is 5.69 Å². The van der Waals surface area contributed by atoms with Crippen molar-refractivity contribution >= 4 is 28.6 Å². The lowest BCUT2D eigenvalue weighted by Gasteiger charge is -2.10. The third kappa shape index (κ3) is 2.63. The highest BCUT2D eigenvalue weighted by atomic mass is 32.1. The quantitative estimate of drug-likeness (QED) is 0.778. The molecule has 3 heterocycles. The van der Waals surface area contributed by atoms with Crippen molar-refractivity contribution in [3.63, 3.8) is 0 Å². The average molecular weight is 304 g/mol. The molecule has 5 nitrogen and oxygen atoms in total. The van der Waals surface area contributed by atoms with Gasteiger partial charge in [-0.3, -0.25) is 9.89 Å². The molecule has 1 unspecified atom stereocenters. The van der Waals surface area contributed by atoms with Gasteiger partial charge < -0.3 is 5.32 Å². The number of nitrogens with zero attached hydrogens (tertiary/aromatic N) is 2. The van der Waals surface area contributed by atoms with Gasteiger partial charge in [0.15, 0.2) is 0 Å². The van der Waals surface area contributed by atoms with Crippen molar-refractivity contribution in [3.8, 4) is 10.6 Å². The smallest absolute Gasteiger partial charge is 0.271 e. The van der Waals surface area contributed by atoms with Crippen LogP contribution in [0.1, 0.15) is 29.0 Å². The summed E-state index contributed by atoms with van der Waals surface area (Å²) in [4.78, 5) is 16.5. The van der Waals surface area contributed by atoms with Crippen LogP contribution in [0.3, 0.4) is 0 Å². The minimum absolute atomic E-state index is 0.104. The lowest BCUT2D eigenvalue weighted by molar-refractivity contribution is 0.0935. The Bertz CT molecular complexity index is 688. The molecule has 0 saturated heterocycles. The van der Waals surface area contributed by atoms with E-state index in [2.05, 4.69) is 20.5 Å². The Balaban J connectivity index is 1.72. The minimum atomic E-state index is -0.170. The molecule has 20 heavy (non-hydrogen) atoms. The third-order valence-corrected chi connectivity index (χ3v) is 4.45. The second kappa shape index (κ2) is 5.56. The fraction of sp³-hybridized carbons (Fsp3) is 0.154. The van der Waals surface area contributed by atoms with Crippen LogP contribution in [-0.4, -0.2) is 21.1 Å². The number of hydrogen-bond acceptors (Lipinski definition) is 5. The summed E-state index contributed by atoms with van der Waals surface area (Å²) in [6, 6.07) is 1.90. The van der Waals surface area contributed by atoms with E-state index >= 15 is 0 Å². The van der Waals surface area contributed by atoms with Crippen molar-refractivity contribution in [1.29, 1.82) is 0 Å². The first-order valence-electron chi connectivity index (χ1n) is 6.01. The number of aromatic amines is 1. The molecule has 0 aliphatic carbocycles. The summed E-state index contributed by atoms with van der Waals surface area (Å²) in [6.45, 7) is 1.91. The number of carbonyl (C=O) groups excluding carboxylic acids is 1. The Morgan fingerprint density at radius 3 is 3.05 bits per heavy atom. The van der Waals surface area contributed by atoms with Gasteiger partial charge >= 0.3 is 0 Å². The van der Waals surface area contributed by atoms with Crippen molar-refractivity contribution < 1.29 is 4.79 Å². The summed E-state index contributed by atoms with van der Waals surface area (Å²) in [6.07, 6.45) is 3.46. The largest absolute Gasteiger partial charge is 0.344 e. The number of H-pyrrole nitrogens is 1. The maximum Gasteiger partial charge on any atom is 0.271 e. The highest BCUT2D eigenvalue weighted by molar-refractivity contribution is 7.14. The Kier molecular flexibility index (Phi) is 3.62. The molecule has 0 fully saturated rings. The van der Waals surface area contributed by atoms with Crippen molar-refractivity contribution in [2.24, 2.45) is 0 Å². The first-order chi connectivity index (χ1) is 9.74. The van der Waals surface area contributed by atoms with Crippen LogP contribution in [0.15, 0.2) is 34.6 Å². The van der Waals surface area contributed by atoms with Crippen molar-refractivity contribution in [2.75, 3.05) is 0 Å². The topological polar surface area (TPSA) is 70.7 Å². The Labute approximate surface area is 123 Å². The number of rotatable bonds is 4. The van der Waals surface area contributed by atoms with Gasteiger partial charge in [0.25, 0.3) is 5.91 Å². The van der Waals surface area contributed by atoms with Gasteiger partial charge in [-0.15, -0.1) is 11.3 Å². The summed E-state index contributed by atoms with van der Waals surface area (Å²) in [5.41, 5.74) is 2.44. The number of carbonyl (C=O) groups is 1. The summed E-state index contributed by atoms with van der Waals surface area (Å²) < 4.78 is 0. The van der Waals surface area contributed by atoms with E-state index in [-0.39, 0.29) is 11.9 Å². The number of aromatic nitrogens is 3. The summed E-state index contributed by atoms with van der Waals surface area (Å²) in [5.74, 6) is -0.170. The maximum atomic E-state index is 12.1. The molecule has 102 valence electrons. The number of hydrogen-bond donors (Lipinski definition) is 2. The van der Waals surface area contributed by atoms with Gasteiger partial charge in [-0.05, 0) is 18.4 Å². The molecule has 0 aromatic carbocycles. The van der Waals surface area contributed by atoms with E-state index in [1.54, 1.807) is 29.1 Å². The first-order valence-corrected chi connectivity index (χ1v) is 7.84. The van der Waals surface area contributed by atoms with Gasteiger partial charge in [0, 0.05) is 28.1 Å². The van der Waals surface area contributed by atoms with Crippen LogP contribution in [-0.2, 0) is 0 Å². The zero-order valence-corrected chi connectivity index (χ0v) is 12.3. The Morgan fingerprint density at radius 2 is 2.35 bits per heavy atom. The molecule has 3 rings (SSSR count). The van der Waals surface area contributed by atoms with Gasteiger partial charge in [-0.1, -0.05) is 0 Å². The van der Waals surface area contributed by atoms with Crippen LogP contribution >= 0.6 is 22.7 Å². The molecule has 0 bridgehead atoms. The standard InChI is InChI=1S/C13H12N4OS2/c1-8(10-4-14-15-5-10)16-12(18)11-7-20-13(17-11)9-2-3-19-6-9/h2-8H,1H3,(H,14,15)(H,16,18). The van der Waals surface area contributed by atoms with Crippen LogP contribution in [0, 0.1) is 0 Å². The van der Waals surface area contributed by atoms with Crippen LogP contribution in [0.5, 0.6) is 0 Å². The highest BCUT2D eigenvalue weighted by Crippen LogP contribution is 2.25. The van der Waals surface area contributed by atoms with Crippen LogP contribution in [0.2, 0.25) is 0 Å². The zero-order chi connectivity index (χ0) is 13.9. The van der Waals surface area contributed by atoms with Crippen LogP contribution in [0.25, 0.3) is 10.6 Å². The van der Waals surface area contributed by atoms with E-state index < -0.39 is 0 Å². The van der Waals surface area contributed by atoms with Crippen molar-refractivity contribution in [2.45, 2.75) is 13.0 Å². The molecule has 1 atom stereocenters. The van der Waals surface area contributed by atoms with Crippen molar-refractivity contribution in [3.05, 3.63) is 45.9 Å². The molecule has 2 N–H and O–H groups in total. The number of thiophene rings is 1. The first kappa shape index (κ1) is 13.0. The number of nitrogens with one attached hydrogen (secondary N) is 2. The number of thiazole rings is 1. The molecule has 0 saturated carbocycles. The lowest BCUT2D eigenvalue weighted by atomic mass is 10.2. The van der Waals surface area contributed by atoms with Gasteiger partial charge in [0.2, 0.25) is 0 Å². The Hall–Kier alpha value is -1.99. The SMILES string of the molecule is CC(NC(=O)c1csc(-c2ccsc2)n1)c1cn[nH]c1. The molecular weight excluding hydrogens is 292 g/mol. The van der Waals surface area contributed by atoms with E-state index in [1.165, 1.54) is 11.3 Å². The normalized spacial score (nSPS) is 12.2. The van der Waals surface area contributed by atoms with E-state index in [0.717, 1.165) is 16.1 Å². The minimum Gasteiger partial charge on any atom is -0.344 e. The van der Waals surface area contributed by atoms with E-state index in [1.807, 2.05) is 23.8 Å². The Morgan fingerprint density at radius 1 is 1.45 bits per heavy atom. The van der Waals surface area contributed by atoms with Gasteiger partial charge in [-0.25, -0.2) is 4.98 Å². The maximum absolute atomic E-state index is 12.1. The molecule has 1 amide bonds. The molecule has 0 aliphatic heterocycles. The second-order valence-corrected chi connectivity index (χ2v) is 5.91. The number of amides is 1. The predicted octanol–water partition coefficient (Wildman–Crippen LogP) is 3.09. The van der Waals surface area contributed by atoms with Crippen LogP contribution < -0.4 is 5.32 Å². The van der Waals surface area contributed by atoms with Crippen LogP contribution in [0.4, 0.5) is 0 Å². The summed E-state index contributed by atoms with van der Waals surface area (Å²) >= 11 is 3.09. The fourth-order valence-corrected chi connectivity index (χ4v) is 3.26. The summed E-state index contributed by atoms with van der Waals surface area (Å²) in [5, 5.41) is 16.2. The molecule has 0 aliphatic rings. The molecule has 3 aromatic heterocycles. The second-order valence-electron chi connectivity index (χ2n) is 4.28. The summed E-state index contributed by atoms with van der Waals surface area (Å²) in [7, 11) is 0. The van der Waals surface area contributed by atoms with Gasteiger partial charge in [-0.2, -0.15) is 16.4 Å². The molecule has 7 heteroatoms. The highest BCUT2D eigenvalue weighted by Gasteiger charge is 2.15. The monoisotopic (exact) mass is 304 g/mol. The fourth-order valence-electron chi connectivity index (χ4n) is 1.75. The van der Waals surface area contributed by atoms with E-state index in [9.17, 15) is 4.79 Å². The zero-order valence-electron chi connectivity index (χ0n) is 10.7. The average Bonchev–Trinajstić information content (AvgIpc) is 3.19. The third-order valence-electron chi connectivity index (χ3n) is 2.87. The van der Waals surface area contributed by atoms with Gasteiger partial charge in [0.1, 0.15) is 10.7 Å². The molecule has 3 aromatic rings. The van der Waals surface area contributed by atoms with Crippen molar-refractivity contribution in [1.82, 2.24) is 20.5 Å². The van der Waals surface area contributed by atoms with Gasteiger partial charge in [0.05, 0.1) is 12.2 Å². The predicted molar refractivity (Wildman–Crippen MR) is 79.9 cm³/mol. The van der Waals surface area contributed by atoms with E-state index in [4.69, 9.17) is 0 Å². The molecule has 0 radical (unpaired) electrons. The molecular formula is C13H12N4OS2. The lowest BCUT2D eigenvalue weighted by Crippen LogP contribution is -2.26. The molecule has 0 spiro atoms.